The fourth-order valence-corrected chi connectivity index (χ4v) is 3.56. The molecule has 3 atom stereocenters. The quantitative estimate of drug-likeness (QED) is 0.797. The van der Waals surface area contributed by atoms with Crippen molar-refractivity contribution < 1.29 is 4.79 Å². The predicted molar refractivity (Wildman–Crippen MR) is 66.4 cm³/mol. The Morgan fingerprint density at radius 3 is 2.69 bits per heavy atom. The maximum atomic E-state index is 12.6. The van der Waals surface area contributed by atoms with Crippen LogP contribution in [-0.2, 0) is 4.79 Å². The van der Waals surface area contributed by atoms with Crippen LogP contribution < -0.4 is 5.32 Å². The van der Waals surface area contributed by atoms with Crippen LogP contribution in [0.2, 0.25) is 0 Å². The summed E-state index contributed by atoms with van der Waals surface area (Å²) < 4.78 is 0. The van der Waals surface area contributed by atoms with Gasteiger partial charge in [0.2, 0.25) is 0 Å². The molecule has 2 rings (SSSR count). The lowest BCUT2D eigenvalue weighted by Crippen LogP contribution is -2.49. The van der Waals surface area contributed by atoms with Crippen LogP contribution in [0.15, 0.2) is 0 Å². The van der Waals surface area contributed by atoms with Gasteiger partial charge in [0.15, 0.2) is 5.78 Å². The summed E-state index contributed by atoms with van der Waals surface area (Å²) in [5.74, 6) is 1.51. The van der Waals surface area contributed by atoms with E-state index in [4.69, 9.17) is 0 Å². The van der Waals surface area contributed by atoms with Crippen LogP contribution in [0, 0.1) is 11.8 Å². The molecule has 2 nitrogen and oxygen atoms in total. The first-order chi connectivity index (χ1) is 7.67. The number of ketones is 1. The van der Waals surface area contributed by atoms with Crippen LogP contribution >= 0.6 is 0 Å². The summed E-state index contributed by atoms with van der Waals surface area (Å²) in [4.78, 5) is 12.6. The zero-order chi connectivity index (χ0) is 11.6. The topological polar surface area (TPSA) is 29.1 Å². The Morgan fingerprint density at radius 2 is 2.06 bits per heavy atom. The van der Waals surface area contributed by atoms with E-state index < -0.39 is 0 Å². The lowest BCUT2D eigenvalue weighted by molar-refractivity contribution is -0.131. The number of nitrogens with one attached hydrogen (secondary N) is 1. The zero-order valence-corrected chi connectivity index (χ0v) is 10.7. The summed E-state index contributed by atoms with van der Waals surface area (Å²) in [5.41, 5.74) is -0.199. The minimum Gasteiger partial charge on any atom is -0.305 e. The molecule has 0 spiro atoms. The molecule has 1 heterocycles. The SMILES string of the molecule is CCC1CCCCC1C(=O)C1(C)CCCN1. The van der Waals surface area contributed by atoms with E-state index in [1.807, 2.05) is 0 Å². The third kappa shape index (κ3) is 2.17. The van der Waals surface area contributed by atoms with Crippen molar-refractivity contribution in [2.24, 2.45) is 11.8 Å². The van der Waals surface area contributed by atoms with E-state index in [2.05, 4.69) is 19.2 Å². The first-order valence-electron chi connectivity index (χ1n) is 6.97. The Labute approximate surface area is 99.2 Å². The highest BCUT2D eigenvalue weighted by molar-refractivity contribution is 5.90. The summed E-state index contributed by atoms with van der Waals surface area (Å²) in [7, 11) is 0. The van der Waals surface area contributed by atoms with E-state index in [1.54, 1.807) is 0 Å². The molecular formula is C14H25NO. The summed E-state index contributed by atoms with van der Waals surface area (Å²) in [5, 5.41) is 3.43. The molecule has 0 radical (unpaired) electrons. The van der Waals surface area contributed by atoms with Gasteiger partial charge in [-0.05, 0) is 45.1 Å². The molecule has 1 aliphatic carbocycles. The molecule has 0 aromatic carbocycles. The monoisotopic (exact) mass is 223 g/mol. The lowest BCUT2D eigenvalue weighted by atomic mass is 9.71. The van der Waals surface area contributed by atoms with Crippen molar-refractivity contribution in [3.8, 4) is 0 Å². The predicted octanol–water partition coefficient (Wildman–Crippen LogP) is 2.91. The van der Waals surface area contributed by atoms with Crippen LogP contribution in [0.5, 0.6) is 0 Å². The van der Waals surface area contributed by atoms with E-state index in [-0.39, 0.29) is 5.54 Å². The van der Waals surface area contributed by atoms with Gasteiger partial charge in [0.1, 0.15) is 0 Å². The van der Waals surface area contributed by atoms with Gasteiger partial charge in [0.25, 0.3) is 0 Å². The highest BCUT2D eigenvalue weighted by Crippen LogP contribution is 2.36. The van der Waals surface area contributed by atoms with E-state index in [0.717, 1.165) is 25.8 Å². The van der Waals surface area contributed by atoms with Gasteiger partial charge in [0, 0.05) is 5.92 Å². The molecule has 0 amide bonds. The minimum absolute atomic E-state index is 0.199. The molecule has 92 valence electrons. The van der Waals surface area contributed by atoms with Gasteiger partial charge in [-0.2, -0.15) is 0 Å². The van der Waals surface area contributed by atoms with Crippen molar-refractivity contribution in [3.05, 3.63) is 0 Å². The summed E-state index contributed by atoms with van der Waals surface area (Å²) in [6, 6.07) is 0. The standard InChI is InChI=1S/C14H25NO/c1-3-11-7-4-5-8-12(11)13(16)14(2)9-6-10-15-14/h11-12,15H,3-10H2,1-2H3. The number of carbonyl (C=O) groups excluding carboxylic acids is 1. The van der Waals surface area contributed by atoms with Crippen molar-refractivity contribution >= 4 is 5.78 Å². The normalized spacial score (nSPS) is 39.9. The summed E-state index contributed by atoms with van der Waals surface area (Å²) in [6.45, 7) is 5.37. The molecule has 16 heavy (non-hydrogen) atoms. The van der Waals surface area contributed by atoms with E-state index >= 15 is 0 Å². The zero-order valence-electron chi connectivity index (χ0n) is 10.7. The Kier molecular flexibility index (Phi) is 3.68. The first-order valence-corrected chi connectivity index (χ1v) is 6.97. The van der Waals surface area contributed by atoms with E-state index in [9.17, 15) is 4.79 Å². The Balaban J connectivity index is 2.07. The fourth-order valence-electron chi connectivity index (χ4n) is 3.56. The molecule has 0 aromatic heterocycles. The van der Waals surface area contributed by atoms with Crippen LogP contribution in [-0.4, -0.2) is 17.9 Å². The molecule has 2 heteroatoms. The number of hydrogen-bond acceptors (Lipinski definition) is 2. The number of rotatable bonds is 3. The average molecular weight is 223 g/mol. The van der Waals surface area contributed by atoms with Crippen molar-refractivity contribution in [2.45, 2.75) is 64.3 Å². The molecule has 0 aromatic rings. The van der Waals surface area contributed by atoms with Gasteiger partial charge < -0.3 is 5.32 Å². The van der Waals surface area contributed by atoms with Crippen LogP contribution in [0.1, 0.15) is 58.8 Å². The first kappa shape index (κ1) is 12.1. The second kappa shape index (κ2) is 4.87. The molecule has 0 bridgehead atoms. The maximum Gasteiger partial charge on any atom is 0.155 e. The Morgan fingerprint density at radius 1 is 1.31 bits per heavy atom. The van der Waals surface area contributed by atoms with E-state index in [1.165, 1.54) is 25.7 Å². The average Bonchev–Trinajstić information content (AvgIpc) is 2.76. The number of carbonyl (C=O) groups is 1. The smallest absolute Gasteiger partial charge is 0.155 e. The van der Waals surface area contributed by atoms with Gasteiger partial charge in [-0.1, -0.05) is 26.2 Å². The van der Waals surface area contributed by atoms with Crippen molar-refractivity contribution in [1.29, 1.82) is 0 Å². The van der Waals surface area contributed by atoms with Crippen LogP contribution in [0.25, 0.3) is 0 Å². The Bertz CT molecular complexity index is 255. The third-order valence-electron chi connectivity index (χ3n) is 4.68. The third-order valence-corrected chi connectivity index (χ3v) is 4.68. The molecule has 3 unspecified atom stereocenters. The number of hydrogen-bond donors (Lipinski definition) is 1. The summed E-state index contributed by atoms with van der Waals surface area (Å²) >= 11 is 0. The highest BCUT2D eigenvalue weighted by Gasteiger charge is 2.42. The van der Waals surface area contributed by atoms with Crippen molar-refractivity contribution in [2.75, 3.05) is 6.54 Å². The largest absolute Gasteiger partial charge is 0.305 e. The maximum absolute atomic E-state index is 12.6. The molecule has 1 aliphatic heterocycles. The Hall–Kier alpha value is -0.370. The number of Topliss-reactive ketones (excluding diaryl/α,β-unsaturated/α-hetero) is 1. The van der Waals surface area contributed by atoms with Crippen LogP contribution in [0.4, 0.5) is 0 Å². The minimum atomic E-state index is -0.199. The van der Waals surface area contributed by atoms with E-state index in [0.29, 0.717) is 17.6 Å². The van der Waals surface area contributed by atoms with Gasteiger partial charge in [-0.3, -0.25) is 4.79 Å². The summed E-state index contributed by atoms with van der Waals surface area (Å²) in [6.07, 6.45) is 8.35. The van der Waals surface area contributed by atoms with Gasteiger partial charge >= 0.3 is 0 Å². The fraction of sp³-hybridized carbons (Fsp3) is 0.929. The second-order valence-electron chi connectivity index (χ2n) is 5.79. The molecule has 1 saturated carbocycles. The van der Waals surface area contributed by atoms with Gasteiger partial charge in [-0.15, -0.1) is 0 Å². The molecule has 2 fully saturated rings. The second-order valence-corrected chi connectivity index (χ2v) is 5.79. The lowest BCUT2D eigenvalue weighted by Gasteiger charge is -2.35. The molecule has 2 aliphatic rings. The van der Waals surface area contributed by atoms with Crippen molar-refractivity contribution in [3.63, 3.8) is 0 Å². The highest BCUT2D eigenvalue weighted by atomic mass is 16.1. The molecule has 1 N–H and O–H groups in total. The van der Waals surface area contributed by atoms with Gasteiger partial charge in [-0.25, -0.2) is 0 Å². The molecular weight excluding hydrogens is 198 g/mol. The van der Waals surface area contributed by atoms with Crippen molar-refractivity contribution in [1.82, 2.24) is 5.32 Å². The van der Waals surface area contributed by atoms with Crippen LogP contribution in [0.3, 0.4) is 0 Å². The molecule has 1 saturated heterocycles. The van der Waals surface area contributed by atoms with Gasteiger partial charge in [0.05, 0.1) is 5.54 Å².